The molecule has 1 saturated carbocycles. The molecule has 0 spiro atoms. The van der Waals surface area contributed by atoms with E-state index in [4.69, 9.17) is 5.73 Å². The van der Waals surface area contributed by atoms with Gasteiger partial charge in [-0.3, -0.25) is 0 Å². The molecule has 0 aromatic carbocycles. The minimum absolute atomic E-state index is 0. The van der Waals surface area contributed by atoms with E-state index in [1.807, 2.05) is 6.92 Å². The summed E-state index contributed by atoms with van der Waals surface area (Å²) in [5, 5.41) is 0.0582. The molecule has 110 valence electrons. The van der Waals surface area contributed by atoms with Crippen molar-refractivity contribution in [3.8, 4) is 0 Å². The minimum Gasteiger partial charge on any atom is -0.337 e. The molecule has 0 bridgehead atoms. The van der Waals surface area contributed by atoms with Crippen LogP contribution < -0.4 is 10.5 Å². The van der Waals surface area contributed by atoms with Gasteiger partial charge in [0.25, 0.3) is 10.0 Å². The maximum absolute atomic E-state index is 12.3. The summed E-state index contributed by atoms with van der Waals surface area (Å²) in [6, 6.07) is 0. The molecule has 1 aliphatic rings. The SMILES string of the molecule is Cc1nc(S(=O)(=O)NC(C)(CN)C2CC2)cn1C.Cl. The van der Waals surface area contributed by atoms with Crippen LogP contribution in [-0.4, -0.2) is 30.1 Å². The summed E-state index contributed by atoms with van der Waals surface area (Å²) in [6.45, 7) is 3.92. The number of sulfonamides is 1. The first kappa shape index (κ1) is 16.4. The van der Waals surface area contributed by atoms with E-state index < -0.39 is 15.6 Å². The molecular weight excluding hydrogens is 288 g/mol. The van der Waals surface area contributed by atoms with Gasteiger partial charge >= 0.3 is 0 Å². The molecule has 0 aliphatic heterocycles. The summed E-state index contributed by atoms with van der Waals surface area (Å²) >= 11 is 0. The highest BCUT2D eigenvalue weighted by molar-refractivity contribution is 7.89. The number of imidazole rings is 1. The normalized spacial score (nSPS) is 18.7. The van der Waals surface area contributed by atoms with E-state index in [1.54, 1.807) is 18.5 Å². The van der Waals surface area contributed by atoms with Gasteiger partial charge in [0.1, 0.15) is 5.82 Å². The van der Waals surface area contributed by atoms with Gasteiger partial charge in [-0.15, -0.1) is 12.4 Å². The average Bonchev–Trinajstić information content (AvgIpc) is 3.07. The molecular formula is C11H21ClN4O2S. The van der Waals surface area contributed by atoms with Crippen molar-refractivity contribution in [1.29, 1.82) is 0 Å². The molecule has 3 N–H and O–H groups in total. The summed E-state index contributed by atoms with van der Waals surface area (Å²) < 4.78 is 28.9. The van der Waals surface area contributed by atoms with Gasteiger partial charge in [0.05, 0.1) is 0 Å². The molecule has 1 aromatic heterocycles. The number of hydrogen-bond donors (Lipinski definition) is 2. The topological polar surface area (TPSA) is 90.0 Å². The molecule has 0 radical (unpaired) electrons. The fourth-order valence-corrected chi connectivity index (χ4v) is 3.54. The molecule has 1 heterocycles. The van der Waals surface area contributed by atoms with Crippen molar-refractivity contribution in [3.05, 3.63) is 12.0 Å². The van der Waals surface area contributed by atoms with Crippen LogP contribution >= 0.6 is 12.4 Å². The third kappa shape index (κ3) is 3.28. The van der Waals surface area contributed by atoms with Crippen molar-refractivity contribution >= 4 is 22.4 Å². The van der Waals surface area contributed by atoms with E-state index in [9.17, 15) is 8.42 Å². The maximum atomic E-state index is 12.3. The van der Waals surface area contributed by atoms with E-state index >= 15 is 0 Å². The van der Waals surface area contributed by atoms with Gasteiger partial charge < -0.3 is 10.3 Å². The lowest BCUT2D eigenvalue weighted by molar-refractivity contribution is 0.373. The van der Waals surface area contributed by atoms with Crippen molar-refractivity contribution in [3.63, 3.8) is 0 Å². The number of rotatable bonds is 5. The maximum Gasteiger partial charge on any atom is 0.260 e. The van der Waals surface area contributed by atoms with Crippen molar-refractivity contribution in [2.24, 2.45) is 18.7 Å². The van der Waals surface area contributed by atoms with Crippen LogP contribution in [0.2, 0.25) is 0 Å². The van der Waals surface area contributed by atoms with Crippen LogP contribution in [0, 0.1) is 12.8 Å². The van der Waals surface area contributed by atoms with Crippen LogP contribution in [0.5, 0.6) is 0 Å². The quantitative estimate of drug-likeness (QED) is 0.831. The zero-order valence-electron chi connectivity index (χ0n) is 11.4. The highest BCUT2D eigenvalue weighted by Gasteiger charge is 2.43. The molecule has 6 nitrogen and oxygen atoms in total. The lowest BCUT2D eigenvalue weighted by Crippen LogP contribution is -2.53. The Labute approximate surface area is 120 Å². The first-order valence-electron chi connectivity index (χ1n) is 6.02. The van der Waals surface area contributed by atoms with Crippen molar-refractivity contribution < 1.29 is 8.42 Å². The Hall–Kier alpha value is -0.630. The van der Waals surface area contributed by atoms with Crippen LogP contribution in [0.15, 0.2) is 11.2 Å². The van der Waals surface area contributed by atoms with Gasteiger partial charge in [0.15, 0.2) is 5.03 Å². The van der Waals surface area contributed by atoms with Gasteiger partial charge in [-0.05, 0) is 32.6 Å². The second-order valence-corrected chi connectivity index (χ2v) is 6.87. The second-order valence-electron chi connectivity index (χ2n) is 5.24. The second kappa shape index (κ2) is 5.40. The van der Waals surface area contributed by atoms with Crippen molar-refractivity contribution in [2.75, 3.05) is 6.54 Å². The van der Waals surface area contributed by atoms with Gasteiger partial charge in [0, 0.05) is 25.3 Å². The predicted molar refractivity (Wildman–Crippen MR) is 75.7 cm³/mol. The number of nitrogens with two attached hydrogens (primary N) is 1. The zero-order chi connectivity index (χ0) is 13.6. The number of nitrogens with zero attached hydrogens (tertiary/aromatic N) is 2. The summed E-state index contributed by atoms with van der Waals surface area (Å²) in [4.78, 5) is 4.05. The molecule has 1 aromatic rings. The molecule has 19 heavy (non-hydrogen) atoms. The summed E-state index contributed by atoms with van der Waals surface area (Å²) in [6.07, 6.45) is 3.57. The van der Waals surface area contributed by atoms with Gasteiger partial charge in [-0.1, -0.05) is 0 Å². The van der Waals surface area contributed by atoms with Gasteiger partial charge in [-0.25, -0.2) is 18.1 Å². The van der Waals surface area contributed by atoms with E-state index in [-0.39, 0.29) is 17.4 Å². The number of hydrogen-bond acceptors (Lipinski definition) is 4. The number of aromatic nitrogens is 2. The standard InChI is InChI=1S/C11H20N4O2S.ClH/c1-8-13-10(6-15(8)3)18(16,17)14-11(2,7-12)9-4-5-9;/h6,9,14H,4-5,7,12H2,1-3H3;1H. The van der Waals surface area contributed by atoms with Crippen molar-refractivity contribution in [1.82, 2.24) is 14.3 Å². The van der Waals surface area contributed by atoms with Crippen LogP contribution in [0.4, 0.5) is 0 Å². The Morgan fingerprint density at radius 1 is 1.58 bits per heavy atom. The zero-order valence-corrected chi connectivity index (χ0v) is 13.0. The monoisotopic (exact) mass is 308 g/mol. The van der Waals surface area contributed by atoms with Gasteiger partial charge in [0.2, 0.25) is 0 Å². The molecule has 1 fully saturated rings. The molecule has 0 amide bonds. The number of halogens is 1. The van der Waals surface area contributed by atoms with E-state index in [0.29, 0.717) is 18.3 Å². The third-order valence-corrected chi connectivity index (χ3v) is 5.11. The first-order valence-corrected chi connectivity index (χ1v) is 7.51. The fourth-order valence-electron chi connectivity index (χ4n) is 2.03. The summed E-state index contributed by atoms with van der Waals surface area (Å²) in [5.74, 6) is 0.998. The Bertz CT molecular complexity index is 534. The van der Waals surface area contributed by atoms with E-state index in [2.05, 4.69) is 9.71 Å². The molecule has 2 rings (SSSR count). The first-order chi connectivity index (χ1) is 8.28. The Morgan fingerprint density at radius 3 is 2.53 bits per heavy atom. The predicted octanol–water partition coefficient (Wildman–Crippen LogP) is 0.556. The fraction of sp³-hybridized carbons (Fsp3) is 0.727. The molecule has 8 heteroatoms. The van der Waals surface area contributed by atoms with Crippen molar-refractivity contribution in [2.45, 2.75) is 37.3 Å². The molecule has 1 atom stereocenters. The number of nitrogens with one attached hydrogen (secondary N) is 1. The van der Waals surface area contributed by atoms with Crippen LogP contribution in [0.1, 0.15) is 25.6 Å². The smallest absolute Gasteiger partial charge is 0.260 e. The average molecular weight is 309 g/mol. The minimum atomic E-state index is -3.60. The Morgan fingerprint density at radius 2 is 2.16 bits per heavy atom. The highest BCUT2D eigenvalue weighted by atomic mass is 35.5. The van der Waals surface area contributed by atoms with Crippen LogP contribution in [0.3, 0.4) is 0 Å². The van der Waals surface area contributed by atoms with E-state index in [1.165, 1.54) is 6.20 Å². The Balaban J connectivity index is 0.00000180. The van der Waals surface area contributed by atoms with Gasteiger partial charge in [-0.2, -0.15) is 0 Å². The van der Waals surface area contributed by atoms with Crippen LogP contribution in [0.25, 0.3) is 0 Å². The third-order valence-electron chi connectivity index (χ3n) is 3.63. The van der Waals surface area contributed by atoms with E-state index in [0.717, 1.165) is 12.8 Å². The lowest BCUT2D eigenvalue weighted by Gasteiger charge is -2.28. The Kier molecular flexibility index (Phi) is 4.66. The largest absolute Gasteiger partial charge is 0.337 e. The lowest BCUT2D eigenvalue weighted by atomic mass is 9.98. The molecule has 0 saturated heterocycles. The molecule has 1 unspecified atom stereocenters. The molecule has 1 aliphatic carbocycles. The highest BCUT2D eigenvalue weighted by Crippen LogP contribution is 2.39. The summed E-state index contributed by atoms with van der Waals surface area (Å²) in [7, 11) is -1.83. The van der Waals surface area contributed by atoms with Crippen LogP contribution in [-0.2, 0) is 17.1 Å². The number of aryl methyl sites for hydroxylation is 2. The summed E-state index contributed by atoms with van der Waals surface area (Å²) in [5.41, 5.74) is 5.15.